The zero-order valence-electron chi connectivity index (χ0n) is 23.6. The first-order valence-electron chi connectivity index (χ1n) is 14.4. The van der Waals surface area contributed by atoms with Gasteiger partial charge in [0.25, 0.3) is 0 Å². The molecule has 216 valence electrons. The number of amides is 1. The molecule has 0 saturated heterocycles. The molecule has 39 heavy (non-hydrogen) atoms. The van der Waals surface area contributed by atoms with Crippen LogP contribution in [0.25, 0.3) is 0 Å². The molecule has 0 unspecified atom stereocenters. The highest BCUT2D eigenvalue weighted by Gasteiger charge is 2.20. The lowest BCUT2D eigenvalue weighted by atomic mass is 10.2. The fraction of sp³-hybridized carbons (Fsp3) is 0.581. The highest BCUT2D eigenvalue weighted by atomic mass is 16.6. The van der Waals surface area contributed by atoms with Crippen molar-refractivity contribution in [2.75, 3.05) is 59.3 Å². The third-order valence-electron chi connectivity index (χ3n) is 6.38. The van der Waals surface area contributed by atoms with Gasteiger partial charge in [-0.25, -0.2) is 0 Å². The van der Waals surface area contributed by atoms with Crippen molar-refractivity contribution >= 4 is 5.91 Å². The Hall–Kier alpha value is -2.97. The smallest absolute Gasteiger partial charge is 0.248 e. The van der Waals surface area contributed by atoms with Gasteiger partial charge in [-0.15, -0.1) is 0 Å². The zero-order chi connectivity index (χ0) is 27.5. The summed E-state index contributed by atoms with van der Waals surface area (Å²) in [5, 5.41) is 0. The van der Waals surface area contributed by atoms with Crippen molar-refractivity contribution in [2.45, 2.75) is 58.5 Å². The van der Waals surface area contributed by atoms with Crippen LogP contribution in [0.2, 0.25) is 0 Å². The number of carbonyl (C=O) groups excluding carboxylic acids is 1. The Labute approximate surface area is 233 Å². The molecule has 0 bridgehead atoms. The number of benzene rings is 2. The van der Waals surface area contributed by atoms with Gasteiger partial charge in [-0.3, -0.25) is 4.79 Å². The number of hydrogen-bond donors (Lipinski definition) is 0. The van der Waals surface area contributed by atoms with E-state index in [1.165, 1.54) is 0 Å². The van der Waals surface area contributed by atoms with Gasteiger partial charge in [-0.05, 0) is 37.1 Å². The van der Waals surface area contributed by atoms with E-state index in [1.807, 2.05) is 53.4 Å². The van der Waals surface area contributed by atoms with Gasteiger partial charge in [0.1, 0.15) is 39.1 Å². The Morgan fingerprint density at radius 3 is 1.64 bits per heavy atom. The van der Waals surface area contributed by atoms with Gasteiger partial charge in [0.05, 0.1) is 13.2 Å². The van der Waals surface area contributed by atoms with Crippen LogP contribution in [0.5, 0.6) is 23.0 Å². The second-order valence-electron chi connectivity index (χ2n) is 9.55. The van der Waals surface area contributed by atoms with E-state index in [2.05, 4.69) is 13.8 Å². The quantitative estimate of drug-likeness (QED) is 0.345. The third kappa shape index (κ3) is 11.3. The number of carbonyl (C=O) groups is 1. The Balaban J connectivity index is 1.69. The van der Waals surface area contributed by atoms with E-state index < -0.39 is 6.10 Å². The first kappa shape index (κ1) is 30.6. The minimum atomic E-state index is -0.487. The zero-order valence-corrected chi connectivity index (χ0v) is 23.6. The van der Waals surface area contributed by atoms with Crippen LogP contribution in [0.4, 0.5) is 0 Å². The van der Waals surface area contributed by atoms with Gasteiger partial charge < -0.3 is 33.3 Å². The Morgan fingerprint density at radius 1 is 0.718 bits per heavy atom. The molecular formula is C31H45NO7. The normalized spacial score (nSPS) is 15.0. The maximum Gasteiger partial charge on any atom is 0.248 e. The molecule has 8 nitrogen and oxygen atoms in total. The molecule has 2 aromatic rings. The van der Waals surface area contributed by atoms with E-state index in [0.29, 0.717) is 49.4 Å². The summed E-state index contributed by atoms with van der Waals surface area (Å²) < 4.78 is 35.7. The van der Waals surface area contributed by atoms with Gasteiger partial charge >= 0.3 is 0 Å². The summed E-state index contributed by atoms with van der Waals surface area (Å²) in [5.41, 5.74) is 0. The number of para-hydroxylation sites is 4. The average Bonchev–Trinajstić information content (AvgIpc) is 2.96. The van der Waals surface area contributed by atoms with Crippen molar-refractivity contribution in [1.29, 1.82) is 0 Å². The third-order valence-corrected chi connectivity index (χ3v) is 6.38. The van der Waals surface area contributed by atoms with Crippen molar-refractivity contribution in [2.24, 2.45) is 0 Å². The molecule has 0 radical (unpaired) electrons. The van der Waals surface area contributed by atoms with Gasteiger partial charge in [-0.2, -0.15) is 0 Å². The van der Waals surface area contributed by atoms with Crippen molar-refractivity contribution in [3.63, 3.8) is 0 Å². The van der Waals surface area contributed by atoms with Crippen molar-refractivity contribution in [3.05, 3.63) is 48.5 Å². The molecule has 1 aliphatic heterocycles. The Bertz CT molecular complexity index is 889. The lowest BCUT2D eigenvalue weighted by molar-refractivity contribution is -0.139. The maximum absolute atomic E-state index is 13.2. The summed E-state index contributed by atoms with van der Waals surface area (Å²) in [4.78, 5) is 15.1. The molecule has 2 aromatic carbocycles. The van der Waals surface area contributed by atoms with Crippen molar-refractivity contribution < 1.29 is 33.2 Å². The Morgan fingerprint density at radius 2 is 1.18 bits per heavy atom. The van der Waals surface area contributed by atoms with Crippen LogP contribution in [0, 0.1) is 0 Å². The molecule has 1 heterocycles. The van der Waals surface area contributed by atoms with Gasteiger partial charge in [-0.1, -0.05) is 63.8 Å². The molecule has 1 aliphatic rings. The van der Waals surface area contributed by atoms with Crippen LogP contribution < -0.4 is 18.9 Å². The number of ether oxygens (including phenoxy) is 6. The molecule has 0 saturated carbocycles. The second-order valence-corrected chi connectivity index (χ2v) is 9.55. The number of rotatable bonds is 11. The summed E-state index contributed by atoms with van der Waals surface area (Å²) in [6, 6.07) is 15.0. The highest BCUT2D eigenvalue weighted by molar-refractivity contribution is 5.77. The average molecular weight is 544 g/mol. The topological polar surface area (TPSA) is 75.7 Å². The second kappa shape index (κ2) is 18.3. The summed E-state index contributed by atoms with van der Waals surface area (Å²) in [7, 11) is 0. The van der Waals surface area contributed by atoms with Gasteiger partial charge in [0.15, 0.2) is 23.0 Å². The molecule has 1 amide bonds. The molecule has 0 spiro atoms. The van der Waals surface area contributed by atoms with E-state index >= 15 is 0 Å². The predicted molar refractivity (Wildman–Crippen MR) is 151 cm³/mol. The number of hydrogen-bond acceptors (Lipinski definition) is 7. The standard InChI is InChI=1S/C31H45NO7/c1-3-5-11-17-32(18-12-6-4-2)31(33)25-37-26-23-38-29-15-9-7-13-27(29)35-21-19-34-20-22-36-28-14-8-10-16-30(28)39-24-26/h7-10,13-16,26H,3-6,11-12,17-25H2,1-2H3. The fourth-order valence-corrected chi connectivity index (χ4v) is 4.16. The van der Waals surface area contributed by atoms with Crippen LogP contribution in [0.15, 0.2) is 48.5 Å². The molecule has 3 rings (SSSR count). The summed E-state index contributed by atoms with van der Waals surface area (Å²) in [6.45, 7) is 7.86. The van der Waals surface area contributed by atoms with Crippen LogP contribution in [0.1, 0.15) is 52.4 Å². The highest BCUT2D eigenvalue weighted by Crippen LogP contribution is 2.28. The number of unbranched alkanes of at least 4 members (excludes halogenated alkanes) is 4. The molecule has 0 aromatic heterocycles. The Kier molecular flexibility index (Phi) is 14.4. The lowest BCUT2D eigenvalue weighted by Crippen LogP contribution is -2.38. The first-order valence-corrected chi connectivity index (χ1v) is 14.4. The molecule has 0 atom stereocenters. The molecule has 0 fully saturated rings. The van der Waals surface area contributed by atoms with Crippen molar-refractivity contribution in [1.82, 2.24) is 4.90 Å². The minimum absolute atomic E-state index is 0.00168. The number of nitrogens with zero attached hydrogens (tertiary/aromatic N) is 1. The largest absolute Gasteiger partial charge is 0.487 e. The fourth-order valence-electron chi connectivity index (χ4n) is 4.16. The summed E-state index contributed by atoms with van der Waals surface area (Å²) in [6.07, 6.45) is 5.97. The van der Waals surface area contributed by atoms with Crippen LogP contribution in [-0.2, 0) is 14.3 Å². The molecule has 0 aliphatic carbocycles. The SMILES string of the molecule is CCCCCN(CCCCC)C(=O)COC1COc2ccccc2OCCOCCOc2ccccc2OC1. The monoisotopic (exact) mass is 543 g/mol. The molecule has 0 N–H and O–H groups in total. The predicted octanol–water partition coefficient (Wildman–Crippen LogP) is 5.53. The lowest BCUT2D eigenvalue weighted by Gasteiger charge is -2.25. The maximum atomic E-state index is 13.2. The van der Waals surface area contributed by atoms with Crippen LogP contribution >= 0.6 is 0 Å². The van der Waals surface area contributed by atoms with E-state index in [9.17, 15) is 4.79 Å². The van der Waals surface area contributed by atoms with E-state index in [-0.39, 0.29) is 25.7 Å². The summed E-state index contributed by atoms with van der Waals surface area (Å²) >= 11 is 0. The number of fused-ring (bicyclic) bond motifs is 2. The van der Waals surface area contributed by atoms with Gasteiger partial charge in [0.2, 0.25) is 5.91 Å². The van der Waals surface area contributed by atoms with Crippen molar-refractivity contribution in [3.8, 4) is 23.0 Å². The van der Waals surface area contributed by atoms with Crippen LogP contribution in [-0.4, -0.2) is 76.2 Å². The molecular weight excluding hydrogens is 498 g/mol. The van der Waals surface area contributed by atoms with Crippen LogP contribution in [0.3, 0.4) is 0 Å². The van der Waals surface area contributed by atoms with Gasteiger partial charge in [0, 0.05) is 13.1 Å². The summed E-state index contributed by atoms with van der Waals surface area (Å²) in [5.74, 6) is 2.47. The van der Waals surface area contributed by atoms with E-state index in [0.717, 1.165) is 51.6 Å². The first-order chi connectivity index (χ1) is 19.2. The minimum Gasteiger partial charge on any atom is -0.487 e. The van der Waals surface area contributed by atoms with E-state index in [4.69, 9.17) is 28.4 Å². The van der Waals surface area contributed by atoms with E-state index in [1.54, 1.807) is 0 Å². The molecule has 8 heteroatoms.